The fourth-order valence-electron chi connectivity index (χ4n) is 2.39. The number of benzene rings is 2. The van der Waals surface area contributed by atoms with Crippen molar-refractivity contribution in [1.29, 1.82) is 0 Å². The monoisotopic (exact) mass is 341 g/mol. The van der Waals surface area contributed by atoms with E-state index in [9.17, 15) is 14.3 Å². The van der Waals surface area contributed by atoms with E-state index >= 15 is 0 Å². The summed E-state index contributed by atoms with van der Waals surface area (Å²) in [7, 11) is 1.50. The summed E-state index contributed by atoms with van der Waals surface area (Å²) in [5.41, 5.74) is 1.45. The highest BCUT2D eigenvalue weighted by atomic mass is 19.1. The van der Waals surface area contributed by atoms with Crippen LogP contribution in [0.4, 0.5) is 10.1 Å². The molecular formula is C18H16FN3O3. The Balaban J connectivity index is 1.80. The van der Waals surface area contributed by atoms with Crippen molar-refractivity contribution < 1.29 is 19.0 Å². The summed E-state index contributed by atoms with van der Waals surface area (Å²) in [5, 5.41) is 16.1. The van der Waals surface area contributed by atoms with E-state index in [0.29, 0.717) is 17.0 Å². The number of hydrogen-bond donors (Lipinski definition) is 2. The van der Waals surface area contributed by atoms with Gasteiger partial charge in [-0.15, -0.1) is 0 Å². The molecule has 0 unspecified atom stereocenters. The number of hydrogen-bond acceptors (Lipinski definition) is 4. The van der Waals surface area contributed by atoms with E-state index in [1.54, 1.807) is 36.4 Å². The van der Waals surface area contributed by atoms with Gasteiger partial charge in [-0.1, -0.05) is 12.1 Å². The zero-order valence-electron chi connectivity index (χ0n) is 13.4. The largest absolute Gasteiger partial charge is 0.496 e. The summed E-state index contributed by atoms with van der Waals surface area (Å²) >= 11 is 0. The van der Waals surface area contributed by atoms with Crippen LogP contribution in [0.2, 0.25) is 0 Å². The fourth-order valence-corrected chi connectivity index (χ4v) is 2.39. The Bertz CT molecular complexity index is 908. The lowest BCUT2D eigenvalue weighted by Gasteiger charge is -2.09. The van der Waals surface area contributed by atoms with Crippen molar-refractivity contribution in [2.75, 3.05) is 12.4 Å². The minimum Gasteiger partial charge on any atom is -0.496 e. The Hall–Kier alpha value is -3.19. The first-order valence-corrected chi connectivity index (χ1v) is 7.52. The van der Waals surface area contributed by atoms with E-state index in [4.69, 9.17) is 4.74 Å². The molecule has 1 amide bonds. The van der Waals surface area contributed by atoms with Gasteiger partial charge in [0.1, 0.15) is 17.3 Å². The van der Waals surface area contributed by atoms with Crippen LogP contribution in [0.25, 0.3) is 5.69 Å². The number of carbonyl (C=O) groups is 1. The lowest BCUT2D eigenvalue weighted by molar-refractivity contribution is 0.102. The molecule has 0 aliphatic carbocycles. The zero-order chi connectivity index (χ0) is 17.8. The number of methoxy groups -OCH3 is 1. The third-order valence-electron chi connectivity index (χ3n) is 3.63. The molecule has 0 aliphatic heterocycles. The molecule has 1 heterocycles. The zero-order valence-corrected chi connectivity index (χ0v) is 13.4. The van der Waals surface area contributed by atoms with Gasteiger partial charge in [-0.3, -0.25) is 4.79 Å². The molecular weight excluding hydrogens is 325 g/mol. The van der Waals surface area contributed by atoms with Gasteiger partial charge in [0.15, 0.2) is 5.69 Å². The maximum atomic E-state index is 13.8. The van der Waals surface area contributed by atoms with E-state index in [-0.39, 0.29) is 18.0 Å². The van der Waals surface area contributed by atoms with Gasteiger partial charge in [-0.05, 0) is 36.4 Å². The van der Waals surface area contributed by atoms with Gasteiger partial charge < -0.3 is 15.2 Å². The number of ether oxygens (including phenoxy) is 1. The number of aromatic nitrogens is 2. The molecule has 0 aliphatic rings. The second kappa shape index (κ2) is 7.14. The predicted molar refractivity (Wildman–Crippen MR) is 90.4 cm³/mol. The highest BCUT2D eigenvalue weighted by Crippen LogP contribution is 2.23. The normalized spacial score (nSPS) is 10.5. The first-order chi connectivity index (χ1) is 12.1. The van der Waals surface area contributed by atoms with E-state index < -0.39 is 11.7 Å². The standard InChI is InChI=1S/C18H16FN3O3/c1-25-17-7-6-13(10-12(17)11-23)20-18(24)15-8-9-22(21-15)16-5-3-2-4-14(16)19/h2-10,23H,11H2,1H3,(H,20,24). The average molecular weight is 341 g/mol. The molecule has 0 radical (unpaired) electrons. The van der Waals surface area contributed by atoms with Gasteiger partial charge in [0, 0.05) is 17.4 Å². The summed E-state index contributed by atoms with van der Waals surface area (Å²) in [4.78, 5) is 12.3. The molecule has 25 heavy (non-hydrogen) atoms. The molecule has 2 N–H and O–H groups in total. The summed E-state index contributed by atoms with van der Waals surface area (Å²) < 4.78 is 20.2. The third-order valence-corrected chi connectivity index (χ3v) is 3.63. The van der Waals surface area contributed by atoms with Crippen molar-refractivity contribution in [3.8, 4) is 11.4 Å². The number of aliphatic hydroxyl groups is 1. The van der Waals surface area contributed by atoms with E-state index in [1.807, 2.05) is 0 Å². The van der Waals surface area contributed by atoms with Gasteiger partial charge in [0.25, 0.3) is 5.91 Å². The fraction of sp³-hybridized carbons (Fsp3) is 0.111. The maximum Gasteiger partial charge on any atom is 0.276 e. The molecule has 2 aromatic carbocycles. The van der Waals surface area contributed by atoms with Gasteiger partial charge in [-0.25, -0.2) is 9.07 Å². The van der Waals surface area contributed by atoms with E-state index in [0.717, 1.165) is 0 Å². The lowest BCUT2D eigenvalue weighted by Crippen LogP contribution is -2.13. The second-order valence-electron chi connectivity index (χ2n) is 5.24. The summed E-state index contributed by atoms with van der Waals surface area (Å²) in [6.07, 6.45) is 1.51. The van der Waals surface area contributed by atoms with Crippen LogP contribution in [-0.2, 0) is 6.61 Å². The molecule has 3 aromatic rings. The SMILES string of the molecule is COc1ccc(NC(=O)c2ccn(-c3ccccc3F)n2)cc1CO. The Morgan fingerprint density at radius 1 is 1.28 bits per heavy atom. The maximum absolute atomic E-state index is 13.8. The average Bonchev–Trinajstić information content (AvgIpc) is 3.12. The van der Waals surface area contributed by atoms with Gasteiger partial charge >= 0.3 is 0 Å². The van der Waals surface area contributed by atoms with Crippen LogP contribution in [0.15, 0.2) is 54.7 Å². The Kier molecular flexibility index (Phi) is 4.76. The quantitative estimate of drug-likeness (QED) is 0.748. The molecule has 128 valence electrons. The van der Waals surface area contributed by atoms with E-state index in [1.165, 1.54) is 30.1 Å². The molecule has 0 saturated heterocycles. The van der Waals surface area contributed by atoms with Crippen LogP contribution in [0.5, 0.6) is 5.75 Å². The van der Waals surface area contributed by atoms with Crippen molar-refractivity contribution in [3.63, 3.8) is 0 Å². The molecule has 1 aromatic heterocycles. The number of amides is 1. The molecule has 0 atom stereocenters. The Labute approximate surface area is 143 Å². The summed E-state index contributed by atoms with van der Waals surface area (Å²) in [6, 6.07) is 12.6. The minimum atomic E-state index is -0.441. The smallest absolute Gasteiger partial charge is 0.276 e. The number of carbonyl (C=O) groups excluding carboxylic acids is 1. The summed E-state index contributed by atoms with van der Waals surface area (Å²) in [5.74, 6) is -0.339. The van der Waals surface area contributed by atoms with Crippen molar-refractivity contribution in [3.05, 3.63) is 71.8 Å². The number of halogens is 1. The lowest BCUT2D eigenvalue weighted by atomic mass is 10.2. The van der Waals surface area contributed by atoms with Crippen molar-refractivity contribution in [1.82, 2.24) is 9.78 Å². The second-order valence-corrected chi connectivity index (χ2v) is 5.24. The molecule has 0 saturated carbocycles. The first kappa shape index (κ1) is 16.7. The minimum absolute atomic E-state index is 0.143. The molecule has 7 heteroatoms. The Morgan fingerprint density at radius 2 is 2.08 bits per heavy atom. The first-order valence-electron chi connectivity index (χ1n) is 7.52. The van der Waals surface area contributed by atoms with Crippen LogP contribution in [0.1, 0.15) is 16.1 Å². The van der Waals surface area contributed by atoms with Gasteiger partial charge in [0.05, 0.1) is 13.7 Å². The van der Waals surface area contributed by atoms with Crippen LogP contribution in [-0.4, -0.2) is 27.9 Å². The highest BCUT2D eigenvalue weighted by molar-refractivity contribution is 6.02. The van der Waals surface area contributed by atoms with Gasteiger partial charge in [0.2, 0.25) is 0 Å². The molecule has 3 rings (SSSR count). The van der Waals surface area contributed by atoms with Crippen LogP contribution < -0.4 is 10.1 Å². The number of nitrogens with zero attached hydrogens (tertiary/aromatic N) is 2. The van der Waals surface area contributed by atoms with Crippen LogP contribution in [0, 0.1) is 5.82 Å². The molecule has 0 spiro atoms. The summed E-state index contributed by atoms with van der Waals surface area (Å²) in [6.45, 7) is -0.213. The number of para-hydroxylation sites is 1. The van der Waals surface area contributed by atoms with Crippen LogP contribution in [0.3, 0.4) is 0 Å². The number of anilines is 1. The highest BCUT2D eigenvalue weighted by Gasteiger charge is 2.13. The molecule has 0 fully saturated rings. The van der Waals surface area contributed by atoms with Crippen molar-refractivity contribution >= 4 is 11.6 Å². The van der Waals surface area contributed by atoms with E-state index in [2.05, 4.69) is 10.4 Å². The number of nitrogens with one attached hydrogen (secondary N) is 1. The number of aliphatic hydroxyl groups excluding tert-OH is 1. The third kappa shape index (κ3) is 3.51. The predicted octanol–water partition coefficient (Wildman–Crippen LogP) is 2.76. The topological polar surface area (TPSA) is 76.4 Å². The Morgan fingerprint density at radius 3 is 2.80 bits per heavy atom. The van der Waals surface area contributed by atoms with Crippen molar-refractivity contribution in [2.45, 2.75) is 6.61 Å². The van der Waals surface area contributed by atoms with Crippen molar-refractivity contribution in [2.24, 2.45) is 0 Å². The molecule has 6 nitrogen and oxygen atoms in total. The van der Waals surface area contributed by atoms with Gasteiger partial charge in [-0.2, -0.15) is 5.10 Å². The van der Waals surface area contributed by atoms with Crippen LogP contribution >= 0.6 is 0 Å². The number of rotatable bonds is 5. The molecule has 0 bridgehead atoms.